The van der Waals surface area contributed by atoms with Crippen molar-refractivity contribution in [1.29, 1.82) is 0 Å². The van der Waals surface area contributed by atoms with Crippen LogP contribution in [-0.4, -0.2) is 22.4 Å². The molecule has 10 rings (SSSR count). The molecule has 2 unspecified atom stereocenters. The molecule has 1 aromatic heterocycles. The summed E-state index contributed by atoms with van der Waals surface area (Å²) in [6.07, 6.45) is 10.3. The minimum absolute atomic E-state index is 0.285. The number of para-hydroxylation sites is 1. The van der Waals surface area contributed by atoms with Gasteiger partial charge in [0.2, 0.25) is 0 Å². The minimum atomic E-state index is -0.285. The number of nitrogens with zero attached hydrogens (tertiary/aromatic N) is 3. The summed E-state index contributed by atoms with van der Waals surface area (Å²) in [7, 11) is 2.13. The minimum Gasteiger partial charge on any atom is -0.383 e. The molecule has 0 radical (unpaired) electrons. The first-order valence-electron chi connectivity index (χ1n) is 19.8. The van der Waals surface area contributed by atoms with Crippen LogP contribution in [-0.2, 0) is 13.0 Å². The molecule has 0 bridgehead atoms. The van der Waals surface area contributed by atoms with Gasteiger partial charge in [-0.3, -0.25) is 4.90 Å². The highest BCUT2D eigenvalue weighted by atomic mass is 15.2. The Kier molecular flexibility index (Phi) is 8.69. The van der Waals surface area contributed by atoms with Gasteiger partial charge in [0, 0.05) is 34.4 Å². The number of amidine groups is 1. The summed E-state index contributed by atoms with van der Waals surface area (Å²) < 4.78 is 2.50. The van der Waals surface area contributed by atoms with Gasteiger partial charge in [0.15, 0.2) is 0 Å². The summed E-state index contributed by atoms with van der Waals surface area (Å²) in [5.74, 6) is 1.12. The van der Waals surface area contributed by atoms with Crippen molar-refractivity contribution in [2.75, 3.05) is 7.05 Å². The molecule has 7 aromatic carbocycles. The maximum Gasteiger partial charge on any atom is 0.130 e. The molecule has 272 valence electrons. The van der Waals surface area contributed by atoms with Crippen molar-refractivity contribution < 1.29 is 0 Å². The van der Waals surface area contributed by atoms with E-state index in [4.69, 9.17) is 10.7 Å². The van der Waals surface area contributed by atoms with E-state index in [0.717, 1.165) is 35.9 Å². The average Bonchev–Trinajstić information content (AvgIpc) is 3.57. The highest BCUT2D eigenvalue weighted by molar-refractivity contribution is 6.01. The fraction of sp³-hybridized carbons (Fsp3) is 0.135. The lowest BCUT2D eigenvalue weighted by molar-refractivity contribution is 0.244. The molecule has 56 heavy (non-hydrogen) atoms. The molecule has 2 atom stereocenters. The van der Waals surface area contributed by atoms with Gasteiger partial charge in [-0.25, -0.2) is 4.99 Å². The molecule has 0 saturated heterocycles. The molecule has 0 aliphatic heterocycles. The second kappa shape index (κ2) is 14.3. The van der Waals surface area contributed by atoms with Crippen molar-refractivity contribution in [3.05, 3.63) is 203 Å². The Morgan fingerprint density at radius 1 is 0.732 bits per heavy atom. The number of hydrogen-bond acceptors (Lipinski definition) is 2. The zero-order valence-electron chi connectivity index (χ0n) is 31.6. The lowest BCUT2D eigenvalue weighted by Crippen LogP contribution is -2.26. The van der Waals surface area contributed by atoms with Crippen molar-refractivity contribution in [3.8, 4) is 16.8 Å². The predicted molar refractivity (Wildman–Crippen MR) is 235 cm³/mol. The largest absolute Gasteiger partial charge is 0.383 e. The normalized spacial score (nSPS) is 15.9. The van der Waals surface area contributed by atoms with Gasteiger partial charge in [-0.15, -0.1) is 0 Å². The van der Waals surface area contributed by atoms with Crippen LogP contribution in [0.4, 0.5) is 0 Å². The van der Waals surface area contributed by atoms with Crippen LogP contribution >= 0.6 is 0 Å². The van der Waals surface area contributed by atoms with E-state index >= 15 is 0 Å². The standard InChI is InChI=1S/C52H44N4/c1-55(34-35-18-19-36-10-2-4-12-41(36)30-35)52(54-51(53)45-25-22-37-11-3-5-13-42(37)31-45)40-23-20-38(21-24-40)39-26-28-46(29-27-39)56-49-17-9-8-16-47(49)48-32-43-14-6-7-15-44(43)33-50(48)56/h2-6,8-14,16-32,44,52H,7,15,33-34H2,1H3,(H2,53,54). The number of nitrogens with two attached hydrogens (primary N) is 1. The van der Waals surface area contributed by atoms with E-state index < -0.39 is 0 Å². The summed E-state index contributed by atoms with van der Waals surface area (Å²) in [5, 5.41) is 6.15. The van der Waals surface area contributed by atoms with Crippen LogP contribution < -0.4 is 5.73 Å². The van der Waals surface area contributed by atoms with E-state index in [1.807, 2.05) is 0 Å². The van der Waals surface area contributed by atoms with E-state index in [9.17, 15) is 0 Å². The second-order valence-electron chi connectivity index (χ2n) is 15.5. The third-order valence-electron chi connectivity index (χ3n) is 11.9. The highest BCUT2D eigenvalue weighted by Gasteiger charge is 2.27. The van der Waals surface area contributed by atoms with Crippen molar-refractivity contribution in [2.45, 2.75) is 32.0 Å². The summed E-state index contributed by atoms with van der Waals surface area (Å²) in [6.45, 7) is 0.722. The van der Waals surface area contributed by atoms with Crippen LogP contribution in [0.15, 0.2) is 180 Å². The monoisotopic (exact) mass is 724 g/mol. The lowest BCUT2D eigenvalue weighted by atomic mass is 9.80. The molecule has 0 fully saturated rings. The number of hydrogen-bond donors (Lipinski definition) is 1. The van der Waals surface area contributed by atoms with Crippen LogP contribution in [0.2, 0.25) is 0 Å². The first-order valence-corrected chi connectivity index (χ1v) is 19.8. The number of benzene rings is 7. The van der Waals surface area contributed by atoms with E-state index in [1.165, 1.54) is 72.7 Å². The van der Waals surface area contributed by atoms with Crippen LogP contribution in [0.5, 0.6) is 0 Å². The fourth-order valence-electron chi connectivity index (χ4n) is 8.93. The molecule has 1 heterocycles. The summed E-state index contributed by atoms with van der Waals surface area (Å²) in [5.41, 5.74) is 19.2. The number of aromatic nitrogens is 1. The zero-order chi connectivity index (χ0) is 37.6. The Bertz CT molecular complexity index is 2840. The topological polar surface area (TPSA) is 46.5 Å². The third-order valence-corrected chi connectivity index (χ3v) is 11.9. The predicted octanol–water partition coefficient (Wildman–Crippen LogP) is 12.0. The molecule has 0 spiro atoms. The molecular formula is C52H44N4. The number of rotatable bonds is 8. The smallest absolute Gasteiger partial charge is 0.130 e. The maximum atomic E-state index is 6.83. The SMILES string of the molecule is CN(Cc1ccc2ccccc2c1)C(N=C(N)c1ccc2ccccc2c1)c1ccc(-c2ccc(-n3c4c(c5ccccc53)C=C3C=CCCC3C4)cc2)cc1. The number of aliphatic imine (C=N–C) groups is 1. The molecule has 2 N–H and O–H groups in total. The van der Waals surface area contributed by atoms with E-state index in [1.54, 1.807) is 0 Å². The van der Waals surface area contributed by atoms with Gasteiger partial charge in [0.05, 0.1) is 5.52 Å². The van der Waals surface area contributed by atoms with Crippen molar-refractivity contribution in [2.24, 2.45) is 16.6 Å². The summed E-state index contributed by atoms with van der Waals surface area (Å²) in [4.78, 5) is 7.50. The number of fused-ring (bicyclic) bond motifs is 6. The molecule has 4 heteroatoms. The van der Waals surface area contributed by atoms with Crippen LogP contribution in [0.3, 0.4) is 0 Å². The Morgan fingerprint density at radius 2 is 1.39 bits per heavy atom. The molecule has 2 aliphatic rings. The van der Waals surface area contributed by atoms with Gasteiger partial charge < -0.3 is 10.3 Å². The van der Waals surface area contributed by atoms with Crippen LogP contribution in [0.25, 0.3) is 55.3 Å². The van der Waals surface area contributed by atoms with E-state index in [0.29, 0.717) is 11.8 Å². The Balaban J connectivity index is 0.966. The summed E-state index contributed by atoms with van der Waals surface area (Å²) in [6, 6.07) is 56.7. The zero-order valence-corrected chi connectivity index (χ0v) is 31.6. The van der Waals surface area contributed by atoms with Gasteiger partial charge in [-0.1, -0.05) is 140 Å². The Hall–Kier alpha value is -6.49. The van der Waals surface area contributed by atoms with E-state index in [-0.39, 0.29) is 6.17 Å². The molecular weight excluding hydrogens is 681 g/mol. The highest BCUT2D eigenvalue weighted by Crippen LogP contribution is 2.41. The quantitative estimate of drug-likeness (QED) is 0.125. The first-order chi connectivity index (χ1) is 27.6. The van der Waals surface area contributed by atoms with E-state index in [2.05, 4.69) is 192 Å². The average molecular weight is 725 g/mol. The lowest BCUT2D eigenvalue weighted by Gasteiger charge is -2.27. The van der Waals surface area contributed by atoms with Crippen LogP contribution in [0, 0.1) is 5.92 Å². The van der Waals surface area contributed by atoms with Crippen LogP contribution in [0.1, 0.15) is 47.0 Å². The van der Waals surface area contributed by atoms with Gasteiger partial charge in [0.1, 0.15) is 12.0 Å². The molecule has 0 amide bonds. The Labute approximate surface area is 328 Å². The second-order valence-corrected chi connectivity index (χ2v) is 15.5. The molecule has 4 nitrogen and oxygen atoms in total. The maximum absolute atomic E-state index is 6.83. The van der Waals surface area contributed by atoms with Crippen molar-refractivity contribution in [3.63, 3.8) is 0 Å². The third kappa shape index (κ3) is 6.32. The first kappa shape index (κ1) is 34.0. The molecule has 0 saturated carbocycles. The van der Waals surface area contributed by atoms with Crippen molar-refractivity contribution >= 4 is 44.4 Å². The Morgan fingerprint density at radius 3 is 2.16 bits per heavy atom. The number of allylic oxidation sites excluding steroid dienone is 3. The molecule has 8 aromatic rings. The summed E-state index contributed by atoms with van der Waals surface area (Å²) >= 11 is 0. The molecule has 2 aliphatic carbocycles. The van der Waals surface area contributed by atoms with Gasteiger partial charge in [-0.05, 0) is 118 Å². The van der Waals surface area contributed by atoms with Gasteiger partial charge >= 0.3 is 0 Å². The van der Waals surface area contributed by atoms with Gasteiger partial charge in [0.25, 0.3) is 0 Å². The van der Waals surface area contributed by atoms with Crippen molar-refractivity contribution in [1.82, 2.24) is 9.47 Å². The fourth-order valence-corrected chi connectivity index (χ4v) is 8.93. The van der Waals surface area contributed by atoms with Gasteiger partial charge in [-0.2, -0.15) is 0 Å².